The second-order valence-corrected chi connectivity index (χ2v) is 4.75. The van der Waals surface area contributed by atoms with E-state index in [9.17, 15) is 9.59 Å². The maximum Gasteiger partial charge on any atom is 0.308 e. The summed E-state index contributed by atoms with van der Waals surface area (Å²) in [7, 11) is 1.57. The lowest BCUT2D eigenvalue weighted by Crippen LogP contribution is -2.12. The first kappa shape index (κ1) is 15.6. The van der Waals surface area contributed by atoms with Crippen LogP contribution in [0.3, 0.4) is 0 Å². The van der Waals surface area contributed by atoms with E-state index in [-0.39, 0.29) is 11.9 Å². The molecular weight excluding hydrogens is 282 g/mol. The van der Waals surface area contributed by atoms with Crippen molar-refractivity contribution < 1.29 is 19.1 Å². The van der Waals surface area contributed by atoms with E-state index in [1.165, 1.54) is 6.92 Å². The highest BCUT2D eigenvalue weighted by atomic mass is 16.5. The molecule has 0 saturated heterocycles. The van der Waals surface area contributed by atoms with Crippen LogP contribution in [0.25, 0.3) is 0 Å². The molecule has 2 rings (SSSR count). The van der Waals surface area contributed by atoms with Gasteiger partial charge in [-0.2, -0.15) is 0 Å². The van der Waals surface area contributed by atoms with Crippen molar-refractivity contribution in [1.82, 2.24) is 0 Å². The molecule has 0 fully saturated rings. The fourth-order valence-electron chi connectivity index (χ4n) is 1.94. The molecule has 2 aromatic rings. The van der Waals surface area contributed by atoms with E-state index in [0.717, 1.165) is 5.56 Å². The number of ether oxygens (including phenoxy) is 2. The summed E-state index contributed by atoms with van der Waals surface area (Å²) in [6.45, 7) is 3.17. The van der Waals surface area contributed by atoms with Gasteiger partial charge in [-0.15, -0.1) is 0 Å². The Hall–Kier alpha value is -2.82. The summed E-state index contributed by atoms with van der Waals surface area (Å²) < 4.78 is 10.1. The van der Waals surface area contributed by atoms with Gasteiger partial charge in [-0.1, -0.05) is 0 Å². The summed E-state index contributed by atoms with van der Waals surface area (Å²) in [5.41, 5.74) is 2.00. The van der Waals surface area contributed by atoms with Gasteiger partial charge in [-0.05, 0) is 55.0 Å². The maximum atomic E-state index is 12.2. The molecular formula is C17H17NO4. The molecule has 0 radical (unpaired) electrons. The highest BCUT2D eigenvalue weighted by Crippen LogP contribution is 2.22. The summed E-state index contributed by atoms with van der Waals surface area (Å²) in [6, 6.07) is 11.9. The van der Waals surface area contributed by atoms with E-state index in [1.54, 1.807) is 49.6 Å². The topological polar surface area (TPSA) is 64.6 Å². The van der Waals surface area contributed by atoms with Gasteiger partial charge in [-0.3, -0.25) is 9.59 Å². The van der Waals surface area contributed by atoms with Crippen LogP contribution in [0.15, 0.2) is 42.5 Å². The molecule has 0 unspecified atom stereocenters. The van der Waals surface area contributed by atoms with E-state index in [1.807, 2.05) is 6.92 Å². The van der Waals surface area contributed by atoms with Crippen LogP contribution in [0.1, 0.15) is 22.8 Å². The van der Waals surface area contributed by atoms with Gasteiger partial charge in [0.05, 0.1) is 7.11 Å². The lowest BCUT2D eigenvalue weighted by atomic mass is 10.1. The minimum atomic E-state index is -0.380. The largest absolute Gasteiger partial charge is 0.497 e. The summed E-state index contributed by atoms with van der Waals surface area (Å²) >= 11 is 0. The van der Waals surface area contributed by atoms with Gasteiger partial charge in [-0.25, -0.2) is 0 Å². The zero-order chi connectivity index (χ0) is 16.1. The van der Waals surface area contributed by atoms with Crippen molar-refractivity contribution in [2.45, 2.75) is 13.8 Å². The predicted molar refractivity (Wildman–Crippen MR) is 83.4 cm³/mol. The van der Waals surface area contributed by atoms with Crippen LogP contribution in [0.4, 0.5) is 5.69 Å². The Bertz CT molecular complexity index is 692. The van der Waals surface area contributed by atoms with Crippen molar-refractivity contribution in [1.29, 1.82) is 0 Å². The molecule has 0 aliphatic carbocycles. The van der Waals surface area contributed by atoms with E-state index >= 15 is 0 Å². The standard InChI is InChI=1S/C17H17NO4/c1-11-10-15(22-12(2)19)8-9-16(11)18-17(20)13-4-6-14(21-3)7-5-13/h4-10H,1-3H3,(H,18,20). The number of methoxy groups -OCH3 is 1. The summed E-state index contributed by atoms with van der Waals surface area (Å²) in [6.07, 6.45) is 0. The van der Waals surface area contributed by atoms with Crippen molar-refractivity contribution in [2.24, 2.45) is 0 Å². The van der Waals surface area contributed by atoms with Gasteiger partial charge in [0.2, 0.25) is 0 Å². The van der Waals surface area contributed by atoms with Crippen LogP contribution in [0.5, 0.6) is 11.5 Å². The van der Waals surface area contributed by atoms with E-state index in [2.05, 4.69) is 5.32 Å². The third kappa shape index (κ3) is 3.85. The molecule has 0 aliphatic rings. The quantitative estimate of drug-likeness (QED) is 0.695. The van der Waals surface area contributed by atoms with Crippen LogP contribution >= 0.6 is 0 Å². The SMILES string of the molecule is COc1ccc(C(=O)Nc2ccc(OC(C)=O)cc2C)cc1. The lowest BCUT2D eigenvalue weighted by Gasteiger charge is -2.10. The molecule has 22 heavy (non-hydrogen) atoms. The Morgan fingerprint density at radius 1 is 1.00 bits per heavy atom. The second-order valence-electron chi connectivity index (χ2n) is 4.75. The normalized spacial score (nSPS) is 9.95. The molecule has 0 heterocycles. The molecule has 1 N–H and O–H groups in total. The number of carbonyl (C=O) groups excluding carboxylic acids is 2. The fraction of sp³-hybridized carbons (Fsp3) is 0.176. The van der Waals surface area contributed by atoms with Crippen molar-refractivity contribution in [3.63, 3.8) is 0 Å². The molecule has 0 bridgehead atoms. The van der Waals surface area contributed by atoms with Crippen molar-refractivity contribution in [2.75, 3.05) is 12.4 Å². The number of nitrogens with one attached hydrogen (secondary N) is 1. The fourth-order valence-corrected chi connectivity index (χ4v) is 1.94. The number of benzene rings is 2. The predicted octanol–water partition coefficient (Wildman–Crippen LogP) is 3.18. The highest BCUT2D eigenvalue weighted by Gasteiger charge is 2.09. The Kier molecular flexibility index (Phi) is 4.78. The summed E-state index contributed by atoms with van der Waals surface area (Å²) in [5.74, 6) is 0.548. The van der Waals surface area contributed by atoms with Gasteiger partial charge in [0.25, 0.3) is 5.91 Å². The minimum absolute atomic E-state index is 0.217. The van der Waals surface area contributed by atoms with Gasteiger partial charge in [0.1, 0.15) is 11.5 Å². The molecule has 0 spiro atoms. The first-order chi connectivity index (χ1) is 10.5. The second kappa shape index (κ2) is 6.76. The minimum Gasteiger partial charge on any atom is -0.497 e. The first-order valence-electron chi connectivity index (χ1n) is 6.74. The monoisotopic (exact) mass is 299 g/mol. The smallest absolute Gasteiger partial charge is 0.308 e. The Labute approximate surface area is 128 Å². The number of rotatable bonds is 4. The lowest BCUT2D eigenvalue weighted by molar-refractivity contribution is -0.131. The summed E-state index contributed by atoms with van der Waals surface area (Å²) in [4.78, 5) is 23.1. The first-order valence-corrected chi connectivity index (χ1v) is 6.74. The van der Waals surface area contributed by atoms with Crippen LogP contribution in [-0.2, 0) is 4.79 Å². The number of hydrogen-bond donors (Lipinski definition) is 1. The number of aryl methyl sites for hydroxylation is 1. The number of amides is 1. The van der Waals surface area contributed by atoms with Crippen molar-refractivity contribution >= 4 is 17.6 Å². The van der Waals surface area contributed by atoms with Crippen LogP contribution in [0.2, 0.25) is 0 Å². The summed E-state index contributed by atoms with van der Waals surface area (Å²) in [5, 5.41) is 2.82. The molecule has 2 aromatic carbocycles. The molecule has 1 amide bonds. The van der Waals surface area contributed by atoms with E-state index in [0.29, 0.717) is 22.7 Å². The third-order valence-corrected chi connectivity index (χ3v) is 3.06. The third-order valence-electron chi connectivity index (χ3n) is 3.06. The van der Waals surface area contributed by atoms with E-state index in [4.69, 9.17) is 9.47 Å². The zero-order valence-electron chi connectivity index (χ0n) is 12.7. The molecule has 5 heteroatoms. The average molecular weight is 299 g/mol. The zero-order valence-corrected chi connectivity index (χ0v) is 12.7. The van der Waals surface area contributed by atoms with Crippen LogP contribution in [-0.4, -0.2) is 19.0 Å². The van der Waals surface area contributed by atoms with Crippen molar-refractivity contribution in [3.8, 4) is 11.5 Å². The van der Waals surface area contributed by atoms with Gasteiger partial charge < -0.3 is 14.8 Å². The average Bonchev–Trinajstić information content (AvgIpc) is 2.49. The molecule has 114 valence electrons. The molecule has 0 saturated carbocycles. The molecule has 0 atom stereocenters. The number of carbonyl (C=O) groups is 2. The molecule has 0 aromatic heterocycles. The van der Waals surface area contributed by atoms with Crippen LogP contribution in [0, 0.1) is 6.92 Å². The Morgan fingerprint density at radius 3 is 2.18 bits per heavy atom. The number of anilines is 1. The maximum absolute atomic E-state index is 12.2. The number of hydrogen-bond acceptors (Lipinski definition) is 4. The van der Waals surface area contributed by atoms with Gasteiger partial charge >= 0.3 is 5.97 Å². The van der Waals surface area contributed by atoms with Crippen molar-refractivity contribution in [3.05, 3.63) is 53.6 Å². The van der Waals surface area contributed by atoms with E-state index < -0.39 is 0 Å². The van der Waals surface area contributed by atoms with Gasteiger partial charge in [0, 0.05) is 18.2 Å². The van der Waals surface area contributed by atoms with Crippen LogP contribution < -0.4 is 14.8 Å². The Morgan fingerprint density at radius 2 is 1.64 bits per heavy atom. The number of esters is 1. The molecule has 0 aliphatic heterocycles. The van der Waals surface area contributed by atoms with Gasteiger partial charge in [0.15, 0.2) is 0 Å². The molecule has 5 nitrogen and oxygen atoms in total. The highest BCUT2D eigenvalue weighted by molar-refractivity contribution is 6.04. The Balaban J connectivity index is 2.12.